The van der Waals surface area contributed by atoms with E-state index in [1.807, 2.05) is 0 Å². The smallest absolute Gasteiger partial charge is 0.115 e. The number of rotatable bonds is 4. The molecule has 0 aromatic heterocycles. The first kappa shape index (κ1) is 12.4. The second-order valence-corrected chi connectivity index (χ2v) is 11.1. The summed E-state index contributed by atoms with van der Waals surface area (Å²) in [6.45, 7) is 4.73. The zero-order valence-electron chi connectivity index (χ0n) is 11.2. The summed E-state index contributed by atoms with van der Waals surface area (Å²) in [6, 6.07) is 0.589. The molecule has 4 atom stereocenters. The summed E-state index contributed by atoms with van der Waals surface area (Å²) >= 11 is 3.92. The van der Waals surface area contributed by atoms with Gasteiger partial charge in [0.2, 0.25) is 0 Å². The normalized spacial score (nSPS) is 44.2. The number of nitrogens with zero attached hydrogens (tertiary/aromatic N) is 1. The second kappa shape index (κ2) is 3.92. The number of halogens is 1. The molecule has 94 valence electrons. The van der Waals surface area contributed by atoms with Gasteiger partial charge in [-0.1, -0.05) is 22.0 Å². The number of fused-ring (bicyclic) bond motifs is 1. The van der Waals surface area contributed by atoms with Crippen LogP contribution in [-0.2, 0) is 0 Å². The molecule has 3 aliphatic rings. The third-order valence-corrected chi connectivity index (χ3v) is 11.9. The maximum atomic E-state index is 3.92. The van der Waals surface area contributed by atoms with Crippen LogP contribution < -0.4 is 0 Å². The van der Waals surface area contributed by atoms with Gasteiger partial charge in [0.25, 0.3) is 0 Å². The van der Waals surface area contributed by atoms with E-state index in [0.717, 1.165) is 11.3 Å². The summed E-state index contributed by atoms with van der Waals surface area (Å²) in [7, 11) is 3.70. The predicted molar refractivity (Wildman–Crippen MR) is 81.4 cm³/mol. The predicted octanol–water partition coefficient (Wildman–Crippen LogP) is 3.92. The van der Waals surface area contributed by atoms with Crippen molar-refractivity contribution in [2.24, 2.45) is 5.92 Å². The van der Waals surface area contributed by atoms with Crippen LogP contribution in [0.3, 0.4) is 0 Å². The summed E-state index contributed by atoms with van der Waals surface area (Å²) in [6.07, 6.45) is 7.85. The first-order valence-electron chi connectivity index (χ1n) is 6.66. The van der Waals surface area contributed by atoms with Crippen LogP contribution in [0.15, 0.2) is 21.9 Å². The van der Waals surface area contributed by atoms with Gasteiger partial charge in [0.1, 0.15) is 16.6 Å². The van der Waals surface area contributed by atoms with Crippen LogP contribution in [0.5, 0.6) is 0 Å². The van der Waals surface area contributed by atoms with E-state index >= 15 is 0 Å². The number of hydrogen-bond donors (Lipinski definition) is 0. The van der Waals surface area contributed by atoms with E-state index in [9.17, 15) is 0 Å². The molecular weight excluding hydrogens is 293 g/mol. The molecule has 0 amide bonds. The van der Waals surface area contributed by atoms with E-state index in [4.69, 9.17) is 0 Å². The highest BCUT2D eigenvalue weighted by atomic mass is 79.9. The standard InChI is InChI=1S/C14H22BrNP/c1-5-17(12-8-13(12)17)11-7-6-10(14(11)15)9(2)16(3)4/h6-7,9-10,12-13H,5,8H2,1-4H3/q+1/t9-,10?,12?,13?,17?/m1/s1. The first-order valence-corrected chi connectivity index (χ1v) is 9.56. The quantitative estimate of drug-likeness (QED) is 0.711. The summed E-state index contributed by atoms with van der Waals surface area (Å²) in [5, 5.41) is 1.74. The molecule has 1 nitrogen and oxygen atoms in total. The Hall–Kier alpha value is 0.350. The molecule has 0 aromatic carbocycles. The topological polar surface area (TPSA) is 3.24 Å². The molecule has 2 fully saturated rings. The molecule has 3 rings (SSSR count). The molecule has 2 aliphatic carbocycles. The van der Waals surface area contributed by atoms with Crippen molar-refractivity contribution < 1.29 is 0 Å². The maximum absolute atomic E-state index is 3.92. The molecule has 0 bridgehead atoms. The fourth-order valence-electron chi connectivity index (χ4n) is 3.50. The molecule has 1 saturated carbocycles. The molecule has 3 unspecified atom stereocenters. The monoisotopic (exact) mass is 314 g/mol. The van der Waals surface area contributed by atoms with E-state index in [1.54, 1.807) is 5.31 Å². The lowest BCUT2D eigenvalue weighted by Gasteiger charge is -2.25. The first-order chi connectivity index (χ1) is 8.04. The minimum absolute atomic E-state index is 0.587. The van der Waals surface area contributed by atoms with Gasteiger partial charge < -0.3 is 4.90 Å². The van der Waals surface area contributed by atoms with Crippen LogP contribution in [0.1, 0.15) is 20.3 Å². The molecule has 1 saturated heterocycles. The molecular formula is C14H22BrNP+. The summed E-state index contributed by atoms with van der Waals surface area (Å²) in [5.74, 6) is 0.587. The van der Waals surface area contributed by atoms with Crippen molar-refractivity contribution >= 4 is 23.2 Å². The lowest BCUT2D eigenvalue weighted by atomic mass is 10.0. The Morgan fingerprint density at radius 2 is 2.12 bits per heavy atom. The van der Waals surface area contributed by atoms with Gasteiger partial charge in [-0.25, -0.2) is 0 Å². The number of hydrogen-bond acceptors (Lipinski definition) is 1. The van der Waals surface area contributed by atoms with E-state index in [1.165, 1.54) is 17.1 Å². The highest BCUT2D eigenvalue weighted by Crippen LogP contribution is 3.00. The van der Waals surface area contributed by atoms with E-state index in [0.29, 0.717) is 12.0 Å². The Balaban J connectivity index is 1.85. The van der Waals surface area contributed by atoms with Gasteiger partial charge in [0, 0.05) is 22.9 Å². The largest absolute Gasteiger partial charge is 0.306 e. The summed E-state index contributed by atoms with van der Waals surface area (Å²) in [5.41, 5.74) is 2.27. The molecule has 0 aromatic rings. The van der Waals surface area contributed by atoms with Gasteiger partial charge >= 0.3 is 0 Å². The van der Waals surface area contributed by atoms with Gasteiger partial charge in [-0.15, -0.1) is 0 Å². The van der Waals surface area contributed by atoms with E-state index < -0.39 is 7.26 Å². The molecule has 1 heterocycles. The molecule has 3 heteroatoms. The lowest BCUT2D eigenvalue weighted by Crippen LogP contribution is -2.31. The van der Waals surface area contributed by atoms with Crippen LogP contribution >= 0.6 is 23.2 Å². The second-order valence-electron chi connectivity index (χ2n) is 5.94. The third-order valence-electron chi connectivity index (χ3n) is 5.12. The Morgan fingerprint density at radius 1 is 1.47 bits per heavy atom. The highest BCUT2D eigenvalue weighted by molar-refractivity contribution is 9.11. The van der Waals surface area contributed by atoms with Crippen LogP contribution in [0.4, 0.5) is 0 Å². The van der Waals surface area contributed by atoms with Crippen molar-refractivity contribution in [3.63, 3.8) is 0 Å². The van der Waals surface area contributed by atoms with Gasteiger partial charge in [0.15, 0.2) is 0 Å². The van der Waals surface area contributed by atoms with E-state index in [-0.39, 0.29) is 0 Å². The molecule has 0 radical (unpaired) electrons. The Labute approximate surface area is 114 Å². The molecule has 0 N–H and O–H groups in total. The minimum Gasteiger partial charge on any atom is -0.306 e. The minimum atomic E-state index is -0.651. The van der Waals surface area contributed by atoms with Crippen molar-refractivity contribution in [3.8, 4) is 0 Å². The zero-order valence-corrected chi connectivity index (χ0v) is 13.6. The SMILES string of the molecule is CC[P+]1(C2=C(Br)C([C@@H](C)N(C)C)C=C2)C2CC21. The molecule has 1 aliphatic heterocycles. The van der Waals surface area contributed by atoms with Crippen LogP contribution in [0.2, 0.25) is 0 Å². The fraction of sp³-hybridized carbons (Fsp3) is 0.714. The van der Waals surface area contributed by atoms with Gasteiger partial charge in [0.05, 0.1) is 13.4 Å². The van der Waals surface area contributed by atoms with Crippen molar-refractivity contribution in [2.75, 3.05) is 20.3 Å². The van der Waals surface area contributed by atoms with Crippen LogP contribution in [0.25, 0.3) is 0 Å². The van der Waals surface area contributed by atoms with Crippen molar-refractivity contribution in [1.29, 1.82) is 0 Å². The van der Waals surface area contributed by atoms with E-state index in [2.05, 4.69) is 60.9 Å². The van der Waals surface area contributed by atoms with Gasteiger partial charge in [-0.05, 0) is 34.0 Å². The van der Waals surface area contributed by atoms with Crippen LogP contribution in [-0.4, -0.2) is 42.5 Å². The molecule has 17 heavy (non-hydrogen) atoms. The fourth-order valence-corrected chi connectivity index (χ4v) is 10.4. The maximum Gasteiger partial charge on any atom is 0.115 e. The molecule has 0 spiro atoms. The average Bonchev–Trinajstić information content (AvgIpc) is 3.15. The van der Waals surface area contributed by atoms with Crippen molar-refractivity contribution in [3.05, 3.63) is 21.9 Å². The van der Waals surface area contributed by atoms with Gasteiger partial charge in [-0.2, -0.15) is 0 Å². The lowest BCUT2D eigenvalue weighted by molar-refractivity contribution is 0.281. The third kappa shape index (κ3) is 1.57. The Morgan fingerprint density at radius 3 is 2.53 bits per heavy atom. The average molecular weight is 315 g/mol. The van der Waals surface area contributed by atoms with Gasteiger partial charge in [-0.3, -0.25) is 0 Å². The van der Waals surface area contributed by atoms with Crippen molar-refractivity contribution in [2.45, 2.75) is 37.6 Å². The van der Waals surface area contributed by atoms with Crippen LogP contribution in [0, 0.1) is 5.92 Å². The Bertz CT molecular complexity index is 404. The number of allylic oxidation sites excluding steroid dienone is 2. The zero-order chi connectivity index (χ0) is 12.4. The summed E-state index contributed by atoms with van der Waals surface area (Å²) in [4.78, 5) is 2.32. The van der Waals surface area contributed by atoms with Crippen molar-refractivity contribution in [1.82, 2.24) is 4.90 Å². The summed E-state index contributed by atoms with van der Waals surface area (Å²) < 4.78 is 1.51. The Kier molecular flexibility index (Phi) is 2.86. The highest BCUT2D eigenvalue weighted by Gasteiger charge is 2.87.